The second-order valence-electron chi connectivity index (χ2n) is 3.91. The van der Waals surface area contributed by atoms with Gasteiger partial charge in [-0.15, -0.1) is 0 Å². The third kappa shape index (κ3) is 4.19. The first-order valence-electron chi connectivity index (χ1n) is 5.27. The molecule has 0 aliphatic rings. The maximum Gasteiger partial charge on any atom is 0.300 e. The van der Waals surface area contributed by atoms with E-state index in [1.807, 2.05) is 6.92 Å². The Labute approximate surface area is 96.0 Å². The molecule has 92 valence electrons. The molecule has 0 aliphatic carbocycles. The Morgan fingerprint density at radius 3 is 2.75 bits per heavy atom. The molecule has 1 aromatic heterocycles. The van der Waals surface area contributed by atoms with Crippen LogP contribution in [0.4, 0.5) is 5.82 Å². The van der Waals surface area contributed by atoms with Crippen molar-refractivity contribution < 1.29 is 8.42 Å². The molecule has 3 N–H and O–H groups in total. The molecule has 0 unspecified atom stereocenters. The molecule has 1 rings (SSSR count). The van der Waals surface area contributed by atoms with E-state index in [2.05, 4.69) is 19.6 Å². The maximum atomic E-state index is 11.5. The molecule has 0 bridgehead atoms. The van der Waals surface area contributed by atoms with Gasteiger partial charge in [0, 0.05) is 17.8 Å². The van der Waals surface area contributed by atoms with E-state index in [1.54, 1.807) is 19.9 Å². The summed E-state index contributed by atoms with van der Waals surface area (Å²) >= 11 is 0. The lowest BCUT2D eigenvalue weighted by Gasteiger charge is -2.09. The lowest BCUT2D eigenvalue weighted by molar-refractivity contribution is 0.575. The van der Waals surface area contributed by atoms with Gasteiger partial charge in [0.25, 0.3) is 0 Å². The topological polar surface area (TPSA) is 86.9 Å². The van der Waals surface area contributed by atoms with Gasteiger partial charge in [-0.05, 0) is 20.3 Å². The molecule has 0 spiro atoms. The van der Waals surface area contributed by atoms with Crippen LogP contribution in [-0.2, 0) is 16.6 Å². The van der Waals surface area contributed by atoms with Gasteiger partial charge < -0.3 is 0 Å². The van der Waals surface area contributed by atoms with Crippen LogP contribution in [0.2, 0.25) is 0 Å². The highest BCUT2D eigenvalue weighted by Crippen LogP contribution is 2.08. The van der Waals surface area contributed by atoms with Gasteiger partial charge in [0.15, 0.2) is 5.82 Å². The van der Waals surface area contributed by atoms with Gasteiger partial charge in [-0.1, -0.05) is 13.3 Å². The second-order valence-corrected chi connectivity index (χ2v) is 5.35. The molecular weight excluding hydrogens is 228 g/mol. The Bertz CT molecular complexity index is 424. The zero-order valence-corrected chi connectivity index (χ0v) is 10.6. The molecule has 6 nitrogen and oxygen atoms in total. The van der Waals surface area contributed by atoms with Crippen LogP contribution in [0.3, 0.4) is 0 Å². The van der Waals surface area contributed by atoms with E-state index in [0.29, 0.717) is 5.82 Å². The van der Waals surface area contributed by atoms with Crippen LogP contribution in [0.5, 0.6) is 0 Å². The van der Waals surface area contributed by atoms with Crippen molar-refractivity contribution in [2.45, 2.75) is 39.7 Å². The van der Waals surface area contributed by atoms with Gasteiger partial charge >= 0.3 is 10.2 Å². The van der Waals surface area contributed by atoms with Crippen LogP contribution in [-0.4, -0.2) is 24.7 Å². The Morgan fingerprint density at radius 2 is 2.19 bits per heavy atom. The largest absolute Gasteiger partial charge is 0.300 e. The van der Waals surface area contributed by atoms with Gasteiger partial charge in [0.2, 0.25) is 0 Å². The quantitative estimate of drug-likeness (QED) is 0.700. The number of aromatic nitrogens is 2. The molecule has 0 radical (unpaired) electrons. The molecule has 7 heteroatoms. The monoisotopic (exact) mass is 246 g/mol. The molecule has 0 saturated heterocycles. The number of rotatable bonds is 6. The highest BCUT2D eigenvalue weighted by atomic mass is 32.2. The molecule has 0 saturated carbocycles. The van der Waals surface area contributed by atoms with Gasteiger partial charge in [-0.25, -0.2) is 0 Å². The fourth-order valence-electron chi connectivity index (χ4n) is 1.29. The summed E-state index contributed by atoms with van der Waals surface area (Å²) in [6, 6.07) is 1.55. The van der Waals surface area contributed by atoms with Crippen LogP contribution in [0.25, 0.3) is 0 Å². The maximum absolute atomic E-state index is 11.5. The minimum Gasteiger partial charge on any atom is -0.280 e. The summed E-state index contributed by atoms with van der Waals surface area (Å²) in [7, 11) is -3.52. The summed E-state index contributed by atoms with van der Waals surface area (Å²) in [5, 5.41) is 6.65. The Hall–Kier alpha value is -1.08. The number of hydrogen-bond donors (Lipinski definition) is 3. The fraction of sp³-hybridized carbons (Fsp3) is 0.667. The molecule has 1 aromatic rings. The van der Waals surface area contributed by atoms with E-state index in [9.17, 15) is 8.42 Å². The van der Waals surface area contributed by atoms with E-state index in [4.69, 9.17) is 0 Å². The lowest BCUT2D eigenvalue weighted by Crippen LogP contribution is -2.35. The van der Waals surface area contributed by atoms with Crippen molar-refractivity contribution in [2.75, 3.05) is 4.72 Å². The molecule has 0 aliphatic heterocycles. The SMILES string of the molecule is CCCc1cc(NS(=O)(=O)NC(C)C)n[nH]1. The predicted octanol–water partition coefficient (Wildman–Crippen LogP) is 1.02. The van der Waals surface area contributed by atoms with Crippen LogP contribution >= 0.6 is 0 Å². The van der Waals surface area contributed by atoms with Crippen molar-refractivity contribution >= 4 is 16.0 Å². The van der Waals surface area contributed by atoms with Crippen molar-refractivity contribution in [3.05, 3.63) is 11.8 Å². The average Bonchev–Trinajstić information content (AvgIpc) is 2.49. The molecule has 0 aromatic carbocycles. The third-order valence-corrected chi connectivity index (χ3v) is 3.04. The van der Waals surface area contributed by atoms with Crippen molar-refractivity contribution in [2.24, 2.45) is 0 Å². The summed E-state index contributed by atoms with van der Waals surface area (Å²) in [5.74, 6) is 0.316. The summed E-state index contributed by atoms with van der Waals surface area (Å²) in [6.45, 7) is 5.56. The number of aromatic amines is 1. The average molecular weight is 246 g/mol. The fourth-order valence-corrected chi connectivity index (χ4v) is 2.35. The minimum absolute atomic E-state index is 0.147. The first-order chi connectivity index (χ1) is 7.43. The van der Waals surface area contributed by atoms with Gasteiger partial charge in [-0.2, -0.15) is 18.2 Å². The number of H-pyrrole nitrogens is 1. The summed E-state index contributed by atoms with van der Waals surface area (Å²) in [4.78, 5) is 0. The van der Waals surface area contributed by atoms with E-state index in [1.165, 1.54) is 0 Å². The number of hydrogen-bond acceptors (Lipinski definition) is 3. The zero-order valence-electron chi connectivity index (χ0n) is 9.74. The van der Waals surface area contributed by atoms with Crippen molar-refractivity contribution in [1.82, 2.24) is 14.9 Å². The summed E-state index contributed by atoms with van der Waals surface area (Å²) in [5.41, 5.74) is 0.921. The summed E-state index contributed by atoms with van der Waals surface area (Å²) in [6.07, 6.45) is 1.84. The normalized spacial score (nSPS) is 12.0. The first kappa shape index (κ1) is 13.0. The molecule has 0 amide bonds. The molecular formula is C9H18N4O2S. The molecule has 0 atom stereocenters. The Balaban J connectivity index is 2.65. The van der Waals surface area contributed by atoms with E-state index < -0.39 is 10.2 Å². The van der Waals surface area contributed by atoms with E-state index in [-0.39, 0.29) is 6.04 Å². The molecule has 0 fully saturated rings. The van der Waals surface area contributed by atoms with E-state index in [0.717, 1.165) is 18.5 Å². The molecule has 1 heterocycles. The second kappa shape index (κ2) is 5.31. The zero-order chi connectivity index (χ0) is 12.2. The van der Waals surface area contributed by atoms with Gasteiger partial charge in [0.05, 0.1) is 0 Å². The first-order valence-corrected chi connectivity index (χ1v) is 6.75. The van der Waals surface area contributed by atoms with Crippen molar-refractivity contribution in [1.29, 1.82) is 0 Å². The Kier molecular flexibility index (Phi) is 4.31. The highest BCUT2D eigenvalue weighted by Gasteiger charge is 2.12. The smallest absolute Gasteiger partial charge is 0.280 e. The van der Waals surface area contributed by atoms with Crippen molar-refractivity contribution in [3.8, 4) is 0 Å². The number of aryl methyl sites for hydroxylation is 1. The van der Waals surface area contributed by atoms with Crippen LogP contribution < -0.4 is 9.44 Å². The Morgan fingerprint density at radius 1 is 1.50 bits per heavy atom. The molecule has 16 heavy (non-hydrogen) atoms. The van der Waals surface area contributed by atoms with Crippen LogP contribution in [0.1, 0.15) is 32.9 Å². The third-order valence-electron chi connectivity index (χ3n) is 1.78. The van der Waals surface area contributed by atoms with Crippen LogP contribution in [0, 0.1) is 0 Å². The van der Waals surface area contributed by atoms with Crippen LogP contribution in [0.15, 0.2) is 6.07 Å². The van der Waals surface area contributed by atoms with Crippen molar-refractivity contribution in [3.63, 3.8) is 0 Å². The van der Waals surface area contributed by atoms with Gasteiger partial charge in [-0.3, -0.25) is 9.82 Å². The number of nitrogens with zero attached hydrogens (tertiary/aromatic N) is 1. The minimum atomic E-state index is -3.52. The standard InChI is InChI=1S/C9H18N4O2S/c1-4-5-8-6-9(11-10-8)13-16(14,15)12-7(2)3/h6-7,12H,4-5H2,1-3H3,(H2,10,11,13). The highest BCUT2D eigenvalue weighted by molar-refractivity contribution is 7.90. The predicted molar refractivity (Wildman–Crippen MR) is 63.4 cm³/mol. The number of anilines is 1. The number of nitrogens with one attached hydrogen (secondary N) is 3. The van der Waals surface area contributed by atoms with E-state index >= 15 is 0 Å². The summed E-state index contributed by atoms with van der Waals surface area (Å²) < 4.78 is 27.8. The lowest BCUT2D eigenvalue weighted by atomic mass is 10.2. The van der Waals surface area contributed by atoms with Gasteiger partial charge in [0.1, 0.15) is 0 Å².